The molecular weight excluding hydrogens is 236 g/mol. The van der Waals surface area contributed by atoms with E-state index in [1.54, 1.807) is 0 Å². The van der Waals surface area contributed by atoms with Crippen molar-refractivity contribution in [2.24, 2.45) is 0 Å². The minimum Gasteiger partial charge on any atom is -0.350 e. The summed E-state index contributed by atoms with van der Waals surface area (Å²) in [5, 5.41) is 0. The number of unbranched alkanes of at least 4 members (excludes halogenated alkanes) is 6. The van der Waals surface area contributed by atoms with Gasteiger partial charge in [0.15, 0.2) is 5.79 Å². The van der Waals surface area contributed by atoms with Crippen LogP contribution in [0.15, 0.2) is 0 Å². The normalized spacial score (nSPS) is 18.0. The number of rotatable bonds is 12. The van der Waals surface area contributed by atoms with Crippen molar-refractivity contribution < 1.29 is 9.47 Å². The summed E-state index contributed by atoms with van der Waals surface area (Å²) in [6.45, 7) is 6.27. The zero-order valence-corrected chi connectivity index (χ0v) is 13.2. The Morgan fingerprint density at radius 1 is 0.684 bits per heavy atom. The van der Waals surface area contributed by atoms with Gasteiger partial charge in [0.2, 0.25) is 0 Å². The molecule has 2 heteroatoms. The minimum absolute atomic E-state index is 0.210. The SMILES string of the molecule is CCCCCCOC1(OCCCCCC)CCCC1. The van der Waals surface area contributed by atoms with Crippen LogP contribution in [0.3, 0.4) is 0 Å². The largest absolute Gasteiger partial charge is 0.350 e. The van der Waals surface area contributed by atoms with Crippen LogP contribution in [-0.2, 0) is 9.47 Å². The van der Waals surface area contributed by atoms with Gasteiger partial charge in [0.05, 0.1) is 13.2 Å². The molecule has 0 aromatic carbocycles. The predicted molar refractivity (Wildman–Crippen MR) is 81.4 cm³/mol. The Kier molecular flexibility index (Phi) is 9.54. The lowest BCUT2D eigenvalue weighted by Crippen LogP contribution is -2.33. The molecule has 0 heterocycles. The molecule has 1 aliphatic carbocycles. The standard InChI is InChI=1S/C17H34O2/c1-3-5-7-11-15-18-17(13-9-10-14-17)19-16-12-8-6-4-2/h3-16H2,1-2H3. The lowest BCUT2D eigenvalue weighted by molar-refractivity contribution is -0.233. The highest BCUT2D eigenvalue weighted by molar-refractivity contribution is 4.77. The van der Waals surface area contributed by atoms with Crippen molar-refractivity contribution in [3.8, 4) is 0 Å². The van der Waals surface area contributed by atoms with Gasteiger partial charge in [0, 0.05) is 12.8 Å². The highest BCUT2D eigenvalue weighted by atomic mass is 16.7. The van der Waals surface area contributed by atoms with Gasteiger partial charge in [-0.3, -0.25) is 0 Å². The Bertz CT molecular complexity index is 181. The molecule has 0 aliphatic heterocycles. The van der Waals surface area contributed by atoms with Crippen molar-refractivity contribution in [2.75, 3.05) is 13.2 Å². The molecule has 0 saturated heterocycles. The Morgan fingerprint density at radius 2 is 1.16 bits per heavy atom. The zero-order valence-electron chi connectivity index (χ0n) is 13.2. The monoisotopic (exact) mass is 270 g/mol. The Balaban J connectivity index is 2.14. The number of hydrogen-bond donors (Lipinski definition) is 0. The molecule has 0 aromatic rings. The topological polar surface area (TPSA) is 18.5 Å². The van der Waals surface area contributed by atoms with Crippen LogP contribution in [-0.4, -0.2) is 19.0 Å². The molecule has 0 unspecified atom stereocenters. The van der Waals surface area contributed by atoms with Gasteiger partial charge in [-0.15, -0.1) is 0 Å². The van der Waals surface area contributed by atoms with Gasteiger partial charge in [-0.2, -0.15) is 0 Å². The summed E-state index contributed by atoms with van der Waals surface area (Å²) >= 11 is 0. The first-order chi connectivity index (χ1) is 9.33. The van der Waals surface area contributed by atoms with Crippen LogP contribution in [0.5, 0.6) is 0 Å². The van der Waals surface area contributed by atoms with Gasteiger partial charge in [-0.1, -0.05) is 52.4 Å². The van der Waals surface area contributed by atoms with E-state index >= 15 is 0 Å². The maximum Gasteiger partial charge on any atom is 0.168 e. The molecule has 1 aliphatic rings. The summed E-state index contributed by atoms with van der Waals surface area (Å²) in [4.78, 5) is 0. The van der Waals surface area contributed by atoms with E-state index < -0.39 is 0 Å². The summed E-state index contributed by atoms with van der Waals surface area (Å²) in [6, 6.07) is 0. The van der Waals surface area contributed by atoms with Crippen molar-refractivity contribution >= 4 is 0 Å². The molecule has 1 saturated carbocycles. The average molecular weight is 270 g/mol. The first-order valence-corrected chi connectivity index (χ1v) is 8.61. The predicted octanol–water partition coefficient (Wildman–Crippen LogP) is 5.45. The average Bonchev–Trinajstić information content (AvgIpc) is 2.88. The van der Waals surface area contributed by atoms with Crippen LogP contribution in [0.1, 0.15) is 90.9 Å². The van der Waals surface area contributed by atoms with Gasteiger partial charge < -0.3 is 9.47 Å². The minimum atomic E-state index is -0.210. The van der Waals surface area contributed by atoms with E-state index in [4.69, 9.17) is 9.47 Å². The molecule has 0 spiro atoms. The van der Waals surface area contributed by atoms with Crippen LogP contribution in [0.25, 0.3) is 0 Å². The molecule has 0 aromatic heterocycles. The fraction of sp³-hybridized carbons (Fsp3) is 1.00. The highest BCUT2D eigenvalue weighted by Crippen LogP contribution is 2.34. The molecule has 0 bridgehead atoms. The molecular formula is C17H34O2. The van der Waals surface area contributed by atoms with Crippen LogP contribution >= 0.6 is 0 Å². The van der Waals surface area contributed by atoms with Gasteiger partial charge in [0.25, 0.3) is 0 Å². The van der Waals surface area contributed by atoms with Crippen LogP contribution in [0.2, 0.25) is 0 Å². The second-order valence-electron chi connectivity index (χ2n) is 5.94. The number of ether oxygens (including phenoxy) is 2. The van der Waals surface area contributed by atoms with Gasteiger partial charge in [-0.25, -0.2) is 0 Å². The van der Waals surface area contributed by atoms with Crippen molar-refractivity contribution in [3.63, 3.8) is 0 Å². The van der Waals surface area contributed by atoms with Gasteiger partial charge in [-0.05, 0) is 25.7 Å². The molecule has 2 nitrogen and oxygen atoms in total. The fourth-order valence-corrected chi connectivity index (χ4v) is 2.82. The molecule has 1 fully saturated rings. The molecule has 0 amide bonds. The third-order valence-electron chi connectivity index (χ3n) is 4.09. The van der Waals surface area contributed by atoms with Crippen LogP contribution < -0.4 is 0 Å². The molecule has 114 valence electrons. The first-order valence-electron chi connectivity index (χ1n) is 8.61. The lowest BCUT2D eigenvalue weighted by atomic mass is 10.2. The molecule has 19 heavy (non-hydrogen) atoms. The maximum absolute atomic E-state index is 6.12. The van der Waals surface area contributed by atoms with E-state index in [0.717, 1.165) is 26.1 Å². The highest BCUT2D eigenvalue weighted by Gasteiger charge is 2.35. The quantitative estimate of drug-likeness (QED) is 0.347. The van der Waals surface area contributed by atoms with Crippen LogP contribution in [0, 0.1) is 0 Å². The molecule has 0 radical (unpaired) electrons. The molecule has 1 rings (SSSR count). The third kappa shape index (κ3) is 7.31. The van der Waals surface area contributed by atoms with E-state index in [1.807, 2.05) is 0 Å². The summed E-state index contributed by atoms with van der Waals surface area (Å²) < 4.78 is 12.2. The lowest BCUT2D eigenvalue weighted by Gasteiger charge is -2.29. The van der Waals surface area contributed by atoms with E-state index in [9.17, 15) is 0 Å². The van der Waals surface area contributed by atoms with Gasteiger partial charge >= 0.3 is 0 Å². The van der Waals surface area contributed by atoms with Crippen LogP contribution in [0.4, 0.5) is 0 Å². The Labute approximate surface area is 120 Å². The van der Waals surface area contributed by atoms with Gasteiger partial charge in [0.1, 0.15) is 0 Å². The zero-order chi connectivity index (χ0) is 13.8. The Morgan fingerprint density at radius 3 is 1.58 bits per heavy atom. The Hall–Kier alpha value is -0.0800. The summed E-state index contributed by atoms with van der Waals surface area (Å²) in [5.74, 6) is -0.210. The first kappa shape index (κ1) is 17.0. The van der Waals surface area contributed by atoms with Crippen molar-refractivity contribution in [1.82, 2.24) is 0 Å². The summed E-state index contributed by atoms with van der Waals surface area (Å²) in [5.41, 5.74) is 0. The van der Waals surface area contributed by atoms with Crippen molar-refractivity contribution in [1.29, 1.82) is 0 Å². The summed E-state index contributed by atoms with van der Waals surface area (Å²) in [7, 11) is 0. The van der Waals surface area contributed by atoms with E-state index in [0.29, 0.717) is 0 Å². The second kappa shape index (κ2) is 10.7. The summed E-state index contributed by atoms with van der Waals surface area (Å²) in [6.07, 6.45) is 15.0. The fourth-order valence-electron chi connectivity index (χ4n) is 2.82. The van der Waals surface area contributed by atoms with E-state index in [2.05, 4.69) is 13.8 Å². The number of hydrogen-bond acceptors (Lipinski definition) is 2. The molecule has 0 atom stereocenters. The maximum atomic E-state index is 6.12. The molecule has 0 N–H and O–H groups in total. The van der Waals surface area contributed by atoms with Crippen molar-refractivity contribution in [2.45, 2.75) is 96.7 Å². The van der Waals surface area contributed by atoms with Crippen molar-refractivity contribution in [3.05, 3.63) is 0 Å². The van der Waals surface area contributed by atoms with E-state index in [-0.39, 0.29) is 5.79 Å². The smallest absolute Gasteiger partial charge is 0.168 e. The van der Waals surface area contributed by atoms with E-state index in [1.165, 1.54) is 64.2 Å². The third-order valence-corrected chi connectivity index (χ3v) is 4.09. The second-order valence-corrected chi connectivity index (χ2v) is 5.94.